The van der Waals surface area contributed by atoms with Gasteiger partial charge < -0.3 is 13.6 Å². The van der Waals surface area contributed by atoms with Gasteiger partial charge >= 0.3 is 5.63 Å². The molecule has 7 heteroatoms. The van der Waals surface area contributed by atoms with Crippen LogP contribution in [0, 0.1) is 0 Å². The molecule has 126 valence electrons. The Hall–Kier alpha value is -2.83. The summed E-state index contributed by atoms with van der Waals surface area (Å²) in [6.07, 6.45) is 3.67. The number of methoxy groups -OCH3 is 1. The highest BCUT2D eigenvalue weighted by Gasteiger charge is 2.19. The summed E-state index contributed by atoms with van der Waals surface area (Å²) in [5.74, 6) is 0.376. The van der Waals surface area contributed by atoms with Gasteiger partial charge in [-0.05, 0) is 18.6 Å². The predicted molar refractivity (Wildman–Crippen MR) is 90.9 cm³/mol. The van der Waals surface area contributed by atoms with Crippen LogP contribution in [0.2, 0.25) is 0 Å². The van der Waals surface area contributed by atoms with E-state index in [4.69, 9.17) is 13.6 Å². The van der Waals surface area contributed by atoms with Gasteiger partial charge in [0.05, 0.1) is 24.1 Å². The molecule has 0 amide bonds. The van der Waals surface area contributed by atoms with E-state index in [2.05, 4.69) is 17.3 Å². The van der Waals surface area contributed by atoms with Gasteiger partial charge in [-0.15, -0.1) is 5.11 Å². The third-order valence-electron chi connectivity index (χ3n) is 3.76. The van der Waals surface area contributed by atoms with Gasteiger partial charge in [0, 0.05) is 19.7 Å². The van der Waals surface area contributed by atoms with Crippen LogP contribution in [0.5, 0.6) is 5.75 Å². The van der Waals surface area contributed by atoms with Crippen LogP contribution < -0.4 is 10.4 Å². The maximum absolute atomic E-state index is 11.6. The molecule has 3 rings (SSSR count). The Bertz CT molecular complexity index is 942. The Morgan fingerprint density at radius 2 is 2.00 bits per heavy atom. The Morgan fingerprint density at radius 1 is 1.21 bits per heavy atom. The van der Waals surface area contributed by atoms with Gasteiger partial charge in [0.2, 0.25) is 5.75 Å². The average molecular weight is 329 g/mol. The third kappa shape index (κ3) is 2.84. The summed E-state index contributed by atoms with van der Waals surface area (Å²) in [7, 11) is 3.38. The number of unbranched alkanes of at least 4 members (excludes halogenated alkanes) is 1. The van der Waals surface area contributed by atoms with Gasteiger partial charge in [-0.3, -0.25) is 5.01 Å². The van der Waals surface area contributed by atoms with E-state index in [1.807, 2.05) is 7.05 Å². The van der Waals surface area contributed by atoms with E-state index in [1.54, 1.807) is 23.4 Å². The van der Waals surface area contributed by atoms with E-state index < -0.39 is 5.63 Å². The second-order valence-electron chi connectivity index (χ2n) is 5.47. The number of rotatable bonds is 6. The molecule has 0 unspecified atom stereocenters. The number of hydrogen-bond donors (Lipinski definition) is 0. The zero-order chi connectivity index (χ0) is 17.1. The molecule has 1 aromatic carbocycles. The highest BCUT2D eigenvalue weighted by molar-refractivity contribution is 6.10. The highest BCUT2D eigenvalue weighted by Crippen LogP contribution is 2.42. The minimum atomic E-state index is -0.463. The molecule has 24 heavy (non-hydrogen) atoms. The van der Waals surface area contributed by atoms with Crippen LogP contribution in [0.25, 0.3) is 21.9 Å². The quantitative estimate of drug-likeness (QED) is 0.383. The third-order valence-corrected chi connectivity index (χ3v) is 3.76. The number of furan rings is 1. The topological polar surface area (TPSA) is 80.5 Å². The first-order valence-electron chi connectivity index (χ1n) is 7.79. The van der Waals surface area contributed by atoms with Crippen molar-refractivity contribution in [2.45, 2.75) is 19.8 Å². The van der Waals surface area contributed by atoms with Crippen LogP contribution >= 0.6 is 0 Å². The smallest absolute Gasteiger partial charge is 0.336 e. The van der Waals surface area contributed by atoms with Crippen LogP contribution in [0.15, 0.2) is 48.4 Å². The molecule has 0 aliphatic carbocycles. The maximum atomic E-state index is 11.6. The van der Waals surface area contributed by atoms with Crippen molar-refractivity contribution in [3.8, 4) is 5.75 Å². The highest BCUT2D eigenvalue weighted by atomic mass is 16.5. The summed E-state index contributed by atoms with van der Waals surface area (Å²) in [4.78, 5) is 11.6. The summed E-state index contributed by atoms with van der Waals surface area (Å²) in [6.45, 7) is 2.94. The van der Waals surface area contributed by atoms with Crippen molar-refractivity contribution in [1.29, 1.82) is 0 Å². The average Bonchev–Trinajstić information content (AvgIpc) is 3.05. The molecule has 0 bridgehead atoms. The monoisotopic (exact) mass is 329 g/mol. The Labute approximate surface area is 138 Å². The van der Waals surface area contributed by atoms with E-state index in [0.717, 1.165) is 24.8 Å². The zero-order valence-corrected chi connectivity index (χ0v) is 13.9. The Morgan fingerprint density at radius 3 is 2.75 bits per heavy atom. The van der Waals surface area contributed by atoms with Crippen molar-refractivity contribution in [2.24, 2.45) is 10.3 Å². The molecule has 2 aromatic heterocycles. The lowest BCUT2D eigenvalue weighted by Gasteiger charge is -2.11. The Balaban J connectivity index is 2.20. The lowest BCUT2D eigenvalue weighted by atomic mass is 10.1. The minimum absolute atomic E-state index is 0.303. The van der Waals surface area contributed by atoms with E-state index in [9.17, 15) is 4.79 Å². The largest absolute Gasteiger partial charge is 0.490 e. The van der Waals surface area contributed by atoms with Crippen molar-refractivity contribution in [3.63, 3.8) is 0 Å². The standard InChI is InChI=1S/C17H19N3O4/c1-4-5-9-20(2)19-18-14-11-6-7-13(21)24-16(11)17(22-3)15-12(14)8-10-23-15/h6-8,10H,4-5,9H2,1-3H3. The van der Waals surface area contributed by atoms with Crippen molar-refractivity contribution in [3.05, 3.63) is 34.9 Å². The molecule has 0 aliphatic heterocycles. The number of nitrogens with zero attached hydrogens (tertiary/aromatic N) is 3. The molecule has 0 saturated heterocycles. The van der Waals surface area contributed by atoms with Crippen LogP contribution in [0.1, 0.15) is 19.8 Å². The number of hydrogen-bond acceptors (Lipinski definition) is 6. The molecule has 0 fully saturated rings. The number of fused-ring (bicyclic) bond motifs is 2. The van der Waals surface area contributed by atoms with Gasteiger partial charge in [-0.25, -0.2) is 4.79 Å². The van der Waals surface area contributed by atoms with Crippen molar-refractivity contribution in [2.75, 3.05) is 20.7 Å². The second-order valence-corrected chi connectivity index (χ2v) is 5.47. The number of benzene rings is 1. The maximum Gasteiger partial charge on any atom is 0.336 e. The van der Waals surface area contributed by atoms with Gasteiger partial charge in [0.1, 0.15) is 5.69 Å². The summed E-state index contributed by atoms with van der Waals surface area (Å²) in [5, 5.41) is 11.8. The van der Waals surface area contributed by atoms with Crippen LogP contribution in [-0.4, -0.2) is 25.7 Å². The fourth-order valence-corrected chi connectivity index (χ4v) is 2.54. The molecular formula is C17H19N3O4. The van der Waals surface area contributed by atoms with Gasteiger partial charge in [-0.1, -0.05) is 18.6 Å². The molecule has 0 saturated carbocycles. The molecule has 2 heterocycles. The summed E-state index contributed by atoms with van der Waals surface area (Å²) < 4.78 is 16.2. The summed E-state index contributed by atoms with van der Waals surface area (Å²) >= 11 is 0. The SMILES string of the molecule is CCCCN(C)N=Nc1c2ccoc2c(OC)c2oc(=O)ccc12. The minimum Gasteiger partial charge on any atom is -0.490 e. The second kappa shape index (κ2) is 6.74. The van der Waals surface area contributed by atoms with Crippen LogP contribution in [-0.2, 0) is 0 Å². The fraction of sp³-hybridized carbons (Fsp3) is 0.353. The van der Waals surface area contributed by atoms with Crippen LogP contribution in [0.3, 0.4) is 0 Å². The molecule has 0 radical (unpaired) electrons. The summed E-state index contributed by atoms with van der Waals surface area (Å²) in [5.41, 5.74) is 0.901. The Kier molecular flexibility index (Phi) is 4.50. The molecule has 3 aromatic rings. The first-order valence-corrected chi connectivity index (χ1v) is 7.79. The first-order chi connectivity index (χ1) is 11.7. The predicted octanol–water partition coefficient (Wildman–Crippen LogP) is 4.28. The lowest BCUT2D eigenvalue weighted by Crippen LogP contribution is -2.11. The fourth-order valence-electron chi connectivity index (χ4n) is 2.54. The molecule has 0 aliphatic rings. The number of ether oxygens (including phenoxy) is 1. The lowest BCUT2D eigenvalue weighted by molar-refractivity contribution is 0.326. The van der Waals surface area contributed by atoms with Crippen molar-refractivity contribution < 1.29 is 13.6 Å². The van der Waals surface area contributed by atoms with Gasteiger partial charge in [0.15, 0.2) is 11.2 Å². The summed E-state index contributed by atoms with van der Waals surface area (Å²) in [6, 6.07) is 4.81. The normalized spacial score (nSPS) is 11.6. The van der Waals surface area contributed by atoms with Gasteiger partial charge in [-0.2, -0.15) is 0 Å². The molecule has 0 spiro atoms. The van der Waals surface area contributed by atoms with E-state index in [0.29, 0.717) is 28.0 Å². The molecule has 7 nitrogen and oxygen atoms in total. The molecule has 0 atom stereocenters. The van der Waals surface area contributed by atoms with Crippen molar-refractivity contribution in [1.82, 2.24) is 5.01 Å². The van der Waals surface area contributed by atoms with Crippen molar-refractivity contribution >= 4 is 27.6 Å². The van der Waals surface area contributed by atoms with Gasteiger partial charge in [0.25, 0.3) is 0 Å². The molecule has 0 N–H and O–H groups in total. The zero-order valence-electron chi connectivity index (χ0n) is 13.9. The van der Waals surface area contributed by atoms with E-state index in [1.165, 1.54) is 13.2 Å². The first kappa shape index (κ1) is 16.0. The van der Waals surface area contributed by atoms with E-state index in [-0.39, 0.29) is 0 Å². The van der Waals surface area contributed by atoms with Crippen LogP contribution in [0.4, 0.5) is 5.69 Å². The van der Waals surface area contributed by atoms with E-state index >= 15 is 0 Å². The molecular weight excluding hydrogens is 310 g/mol.